The van der Waals surface area contributed by atoms with Crippen LogP contribution in [0.5, 0.6) is 0 Å². The number of nitrogens with one attached hydrogen (secondary N) is 1. The minimum atomic E-state index is -0.787. The van der Waals surface area contributed by atoms with Gasteiger partial charge >= 0.3 is 5.97 Å². The Labute approximate surface area is 102 Å². The van der Waals surface area contributed by atoms with E-state index in [1.165, 1.54) is 12.1 Å². The van der Waals surface area contributed by atoms with Gasteiger partial charge < -0.3 is 10.4 Å². The quantitative estimate of drug-likeness (QED) is 0.792. The number of rotatable bonds is 6. The van der Waals surface area contributed by atoms with Crippen LogP contribution in [0, 0.1) is 5.82 Å². The molecule has 0 aromatic heterocycles. The molecule has 1 aromatic carbocycles. The third-order valence-corrected chi connectivity index (χ3v) is 2.81. The normalized spacial score (nSPS) is 10.4. The number of aliphatic carboxylic acids is 1. The Bertz CT molecular complexity index is 371. The van der Waals surface area contributed by atoms with Crippen molar-refractivity contribution in [2.45, 2.75) is 19.4 Å². The van der Waals surface area contributed by atoms with Crippen molar-refractivity contribution in [3.63, 3.8) is 0 Å². The monoisotopic (exact) mass is 289 g/mol. The molecule has 0 aliphatic heterocycles. The second-order valence-electron chi connectivity index (χ2n) is 3.41. The molecule has 1 aromatic rings. The number of benzene rings is 1. The van der Waals surface area contributed by atoms with Crippen LogP contribution in [0.1, 0.15) is 18.4 Å². The van der Waals surface area contributed by atoms with E-state index in [9.17, 15) is 9.18 Å². The highest BCUT2D eigenvalue weighted by molar-refractivity contribution is 9.10. The summed E-state index contributed by atoms with van der Waals surface area (Å²) < 4.78 is 13.5. The maximum absolute atomic E-state index is 12.8. The van der Waals surface area contributed by atoms with Gasteiger partial charge in [-0.1, -0.05) is 22.0 Å². The summed E-state index contributed by atoms with van der Waals surface area (Å²) in [6.45, 7) is 1.23. The van der Waals surface area contributed by atoms with Crippen LogP contribution in [0.25, 0.3) is 0 Å². The summed E-state index contributed by atoms with van der Waals surface area (Å²) >= 11 is 3.27. The average Bonchev–Trinajstić information content (AvgIpc) is 2.20. The smallest absolute Gasteiger partial charge is 0.303 e. The van der Waals surface area contributed by atoms with Gasteiger partial charge in [0.05, 0.1) is 0 Å². The number of carboxylic acid groups (broad SMARTS) is 1. The molecule has 0 aliphatic carbocycles. The van der Waals surface area contributed by atoms with Gasteiger partial charge in [0.1, 0.15) is 5.82 Å². The van der Waals surface area contributed by atoms with E-state index in [2.05, 4.69) is 21.2 Å². The number of carboxylic acids is 1. The summed E-state index contributed by atoms with van der Waals surface area (Å²) in [6.07, 6.45) is 0.756. The molecule has 16 heavy (non-hydrogen) atoms. The lowest BCUT2D eigenvalue weighted by Crippen LogP contribution is -2.16. The Morgan fingerprint density at radius 1 is 1.50 bits per heavy atom. The molecule has 3 nitrogen and oxygen atoms in total. The number of carbonyl (C=O) groups is 1. The van der Waals surface area contributed by atoms with E-state index in [0.29, 0.717) is 19.5 Å². The number of halogens is 2. The third kappa shape index (κ3) is 4.72. The van der Waals surface area contributed by atoms with Crippen LogP contribution in [0.2, 0.25) is 0 Å². The van der Waals surface area contributed by atoms with E-state index < -0.39 is 5.97 Å². The van der Waals surface area contributed by atoms with Crippen molar-refractivity contribution in [3.8, 4) is 0 Å². The van der Waals surface area contributed by atoms with Crippen molar-refractivity contribution >= 4 is 21.9 Å². The van der Waals surface area contributed by atoms with Gasteiger partial charge in [-0.25, -0.2) is 4.39 Å². The van der Waals surface area contributed by atoms with Gasteiger partial charge in [-0.15, -0.1) is 0 Å². The van der Waals surface area contributed by atoms with Crippen molar-refractivity contribution in [1.29, 1.82) is 0 Å². The van der Waals surface area contributed by atoms with E-state index in [-0.39, 0.29) is 12.2 Å². The Kier molecular flexibility index (Phi) is 5.42. The van der Waals surface area contributed by atoms with Crippen LogP contribution in [-0.2, 0) is 11.3 Å². The molecule has 0 fully saturated rings. The topological polar surface area (TPSA) is 49.3 Å². The second-order valence-corrected chi connectivity index (χ2v) is 4.26. The second kappa shape index (κ2) is 6.60. The summed E-state index contributed by atoms with van der Waals surface area (Å²) in [7, 11) is 0. The van der Waals surface area contributed by atoms with Crippen LogP contribution in [0.3, 0.4) is 0 Å². The standard InChI is InChI=1S/C11H13BrFNO2/c12-10-6-9(13)4-3-8(10)7-14-5-1-2-11(15)16/h3-4,6,14H,1-2,5,7H2,(H,15,16). The molecular weight excluding hydrogens is 277 g/mol. The maximum Gasteiger partial charge on any atom is 0.303 e. The van der Waals surface area contributed by atoms with E-state index in [1.807, 2.05) is 0 Å². The van der Waals surface area contributed by atoms with E-state index in [0.717, 1.165) is 10.0 Å². The lowest BCUT2D eigenvalue weighted by molar-refractivity contribution is -0.137. The first-order valence-electron chi connectivity index (χ1n) is 4.96. The van der Waals surface area contributed by atoms with E-state index >= 15 is 0 Å². The van der Waals surface area contributed by atoms with Crippen LogP contribution in [0.4, 0.5) is 4.39 Å². The van der Waals surface area contributed by atoms with Crippen molar-refractivity contribution in [1.82, 2.24) is 5.32 Å². The first kappa shape index (κ1) is 13.1. The molecular formula is C11H13BrFNO2. The third-order valence-electron chi connectivity index (χ3n) is 2.07. The van der Waals surface area contributed by atoms with Gasteiger partial charge in [-0.3, -0.25) is 4.79 Å². The zero-order valence-electron chi connectivity index (χ0n) is 8.67. The molecule has 0 aliphatic rings. The summed E-state index contributed by atoms with van der Waals surface area (Å²) in [6, 6.07) is 4.51. The van der Waals surface area contributed by atoms with Gasteiger partial charge in [0.15, 0.2) is 0 Å². The van der Waals surface area contributed by atoms with E-state index in [1.54, 1.807) is 6.07 Å². The fraction of sp³-hybridized carbons (Fsp3) is 0.364. The van der Waals surface area contributed by atoms with Crippen molar-refractivity contribution in [2.75, 3.05) is 6.54 Å². The zero-order valence-corrected chi connectivity index (χ0v) is 10.3. The molecule has 0 atom stereocenters. The maximum atomic E-state index is 12.8. The molecule has 0 spiro atoms. The van der Waals surface area contributed by atoms with Crippen LogP contribution >= 0.6 is 15.9 Å². The summed E-state index contributed by atoms with van der Waals surface area (Å²) in [5, 5.41) is 11.5. The first-order valence-corrected chi connectivity index (χ1v) is 5.75. The van der Waals surface area contributed by atoms with Gasteiger partial charge in [-0.05, 0) is 30.7 Å². The Balaban J connectivity index is 2.29. The predicted octanol–water partition coefficient (Wildman–Crippen LogP) is 2.54. The fourth-order valence-corrected chi connectivity index (χ4v) is 1.74. The van der Waals surface area contributed by atoms with Crippen LogP contribution < -0.4 is 5.32 Å². The predicted molar refractivity (Wildman–Crippen MR) is 62.7 cm³/mol. The summed E-state index contributed by atoms with van der Waals surface area (Å²) in [4.78, 5) is 10.2. The zero-order chi connectivity index (χ0) is 12.0. The molecule has 2 N–H and O–H groups in total. The number of hydrogen-bond acceptors (Lipinski definition) is 2. The molecule has 5 heteroatoms. The van der Waals surface area contributed by atoms with Crippen LogP contribution in [0.15, 0.2) is 22.7 Å². The SMILES string of the molecule is O=C(O)CCCNCc1ccc(F)cc1Br. The molecule has 0 saturated heterocycles. The molecule has 0 amide bonds. The van der Waals surface area contributed by atoms with Gasteiger partial charge in [0.25, 0.3) is 0 Å². The van der Waals surface area contributed by atoms with Crippen molar-refractivity contribution in [2.24, 2.45) is 0 Å². The fourth-order valence-electron chi connectivity index (χ4n) is 1.25. The highest BCUT2D eigenvalue weighted by Crippen LogP contribution is 2.17. The van der Waals surface area contributed by atoms with Crippen LogP contribution in [-0.4, -0.2) is 17.6 Å². The lowest BCUT2D eigenvalue weighted by Gasteiger charge is -2.06. The molecule has 88 valence electrons. The summed E-state index contributed by atoms with van der Waals surface area (Å²) in [5.41, 5.74) is 0.955. The largest absolute Gasteiger partial charge is 0.481 e. The van der Waals surface area contributed by atoms with E-state index in [4.69, 9.17) is 5.11 Å². The van der Waals surface area contributed by atoms with Gasteiger partial charge in [0.2, 0.25) is 0 Å². The molecule has 0 bridgehead atoms. The Morgan fingerprint density at radius 3 is 2.88 bits per heavy atom. The molecule has 0 heterocycles. The minimum Gasteiger partial charge on any atom is -0.481 e. The van der Waals surface area contributed by atoms with Crippen molar-refractivity contribution in [3.05, 3.63) is 34.1 Å². The average molecular weight is 290 g/mol. The molecule has 0 unspecified atom stereocenters. The lowest BCUT2D eigenvalue weighted by atomic mass is 10.2. The van der Waals surface area contributed by atoms with Gasteiger partial charge in [0, 0.05) is 17.4 Å². The molecule has 1 rings (SSSR count). The summed E-state index contributed by atoms with van der Waals surface area (Å²) in [5.74, 6) is -1.06. The van der Waals surface area contributed by atoms with Gasteiger partial charge in [-0.2, -0.15) is 0 Å². The molecule has 0 radical (unpaired) electrons. The molecule has 0 saturated carbocycles. The minimum absolute atomic E-state index is 0.164. The Hall–Kier alpha value is -0.940. The highest BCUT2D eigenvalue weighted by atomic mass is 79.9. The van der Waals surface area contributed by atoms with Crippen molar-refractivity contribution < 1.29 is 14.3 Å². The highest BCUT2D eigenvalue weighted by Gasteiger charge is 2.01. The number of hydrogen-bond donors (Lipinski definition) is 2. The first-order chi connectivity index (χ1) is 7.59. The Morgan fingerprint density at radius 2 is 2.25 bits per heavy atom.